The van der Waals surface area contributed by atoms with Crippen molar-refractivity contribution in [2.24, 2.45) is 12.5 Å². The highest BCUT2D eigenvalue weighted by Crippen LogP contribution is 2.35. The molecule has 174 valence electrons. The third kappa shape index (κ3) is 4.92. The lowest BCUT2D eigenvalue weighted by molar-refractivity contribution is 0.443. The highest BCUT2D eigenvalue weighted by Gasteiger charge is 2.22. The number of pyridine rings is 1. The molecule has 0 radical (unpaired) electrons. The summed E-state index contributed by atoms with van der Waals surface area (Å²) < 4.78 is 15.1. The Hall–Kier alpha value is -3.77. The number of rotatable bonds is 6. The van der Waals surface area contributed by atoms with E-state index in [-0.39, 0.29) is 11.2 Å². The number of hydrogen-bond donors (Lipinski definition) is 2. The smallest absolute Gasteiger partial charge is 0.177 e. The van der Waals surface area contributed by atoms with Gasteiger partial charge in [-0.1, -0.05) is 44.5 Å². The molecule has 1 unspecified atom stereocenters. The number of nitrogens with zero attached hydrogens (tertiary/aromatic N) is 6. The van der Waals surface area contributed by atoms with Gasteiger partial charge in [0.25, 0.3) is 0 Å². The molecule has 2 aromatic heterocycles. The van der Waals surface area contributed by atoms with Gasteiger partial charge in [0.1, 0.15) is 17.9 Å². The van der Waals surface area contributed by atoms with E-state index in [2.05, 4.69) is 58.0 Å². The van der Waals surface area contributed by atoms with Gasteiger partial charge in [-0.3, -0.25) is 4.98 Å². The van der Waals surface area contributed by atoms with Crippen molar-refractivity contribution in [3.8, 4) is 6.07 Å². The monoisotopic (exact) mass is 478 g/mol. The molecule has 10 heteroatoms. The largest absolute Gasteiger partial charge is 0.383 e. The van der Waals surface area contributed by atoms with Gasteiger partial charge < -0.3 is 10.6 Å². The molecule has 2 aromatic carbocycles. The second kappa shape index (κ2) is 9.23. The molecule has 0 aliphatic rings. The van der Waals surface area contributed by atoms with E-state index < -0.39 is 6.04 Å². The normalized spacial score (nSPS) is 12.4. The molecule has 1 atom stereocenters. The van der Waals surface area contributed by atoms with Crippen LogP contribution in [0.3, 0.4) is 0 Å². The first-order valence-corrected chi connectivity index (χ1v) is 11.0. The fourth-order valence-corrected chi connectivity index (χ4v) is 3.84. The van der Waals surface area contributed by atoms with Crippen molar-refractivity contribution < 1.29 is 4.39 Å². The average molecular weight is 479 g/mol. The maximum Gasteiger partial charge on any atom is 0.177 e. The number of halogens is 2. The number of aryl methyl sites for hydroxylation is 1. The highest BCUT2D eigenvalue weighted by atomic mass is 35.5. The third-order valence-electron chi connectivity index (χ3n) is 5.27. The molecule has 0 aliphatic carbocycles. The highest BCUT2D eigenvalue weighted by molar-refractivity contribution is 6.35. The minimum atomic E-state index is -0.479. The third-order valence-corrected chi connectivity index (χ3v) is 5.55. The number of nitriles is 1. The van der Waals surface area contributed by atoms with Crippen molar-refractivity contribution in [2.45, 2.75) is 26.8 Å². The maximum atomic E-state index is 13.6. The van der Waals surface area contributed by atoms with Gasteiger partial charge in [-0.15, -0.1) is 5.10 Å². The summed E-state index contributed by atoms with van der Waals surface area (Å²) in [6, 6.07) is 11.5. The molecule has 0 spiro atoms. The van der Waals surface area contributed by atoms with Gasteiger partial charge in [0.05, 0.1) is 21.8 Å². The van der Waals surface area contributed by atoms with Gasteiger partial charge in [0, 0.05) is 30.9 Å². The first-order chi connectivity index (χ1) is 16.2. The van der Waals surface area contributed by atoms with E-state index >= 15 is 0 Å². The summed E-state index contributed by atoms with van der Waals surface area (Å²) in [7, 11) is 1.73. The predicted octanol–water partition coefficient (Wildman–Crippen LogP) is 5.08. The number of anilines is 2. The Labute approximate surface area is 201 Å². The summed E-state index contributed by atoms with van der Waals surface area (Å²) in [5.41, 5.74) is 3.12. The topological polar surface area (TPSA) is 104 Å². The average Bonchev–Trinajstić information content (AvgIpc) is 3.21. The van der Waals surface area contributed by atoms with Crippen molar-refractivity contribution in [3.63, 3.8) is 0 Å². The van der Waals surface area contributed by atoms with Gasteiger partial charge in [0.15, 0.2) is 5.82 Å². The summed E-state index contributed by atoms with van der Waals surface area (Å²) in [6.45, 7) is 6.98. The van der Waals surface area contributed by atoms with E-state index in [4.69, 9.17) is 11.6 Å². The summed E-state index contributed by atoms with van der Waals surface area (Å²) in [4.78, 5) is 4.41. The van der Waals surface area contributed by atoms with E-state index in [0.29, 0.717) is 45.2 Å². The van der Waals surface area contributed by atoms with E-state index in [0.717, 1.165) is 5.56 Å². The van der Waals surface area contributed by atoms with Crippen LogP contribution in [-0.4, -0.2) is 31.7 Å². The van der Waals surface area contributed by atoms with Crippen LogP contribution in [0.15, 0.2) is 42.6 Å². The second-order valence-corrected chi connectivity index (χ2v) is 9.62. The Balaban J connectivity index is 1.82. The molecule has 2 N–H and O–H groups in total. The lowest BCUT2D eigenvalue weighted by Crippen LogP contribution is -2.20. The first kappa shape index (κ1) is 23.4. The van der Waals surface area contributed by atoms with E-state index in [1.165, 1.54) is 18.3 Å². The van der Waals surface area contributed by atoms with Gasteiger partial charge in [-0.2, -0.15) is 5.26 Å². The molecule has 0 saturated heterocycles. The molecule has 4 rings (SSSR count). The summed E-state index contributed by atoms with van der Waals surface area (Å²) in [5, 5.41) is 29.5. The molecule has 2 heterocycles. The Morgan fingerprint density at radius 2 is 1.94 bits per heavy atom. The maximum absolute atomic E-state index is 13.6. The Morgan fingerprint density at radius 3 is 2.56 bits per heavy atom. The lowest BCUT2D eigenvalue weighted by atomic mass is 9.96. The van der Waals surface area contributed by atoms with Crippen LogP contribution in [0.1, 0.15) is 43.8 Å². The zero-order valence-corrected chi connectivity index (χ0v) is 20.0. The van der Waals surface area contributed by atoms with Crippen molar-refractivity contribution in [1.82, 2.24) is 25.2 Å². The molecule has 4 aromatic rings. The van der Waals surface area contributed by atoms with Gasteiger partial charge >= 0.3 is 0 Å². The van der Waals surface area contributed by atoms with Crippen LogP contribution in [0.5, 0.6) is 0 Å². The van der Waals surface area contributed by atoms with Crippen molar-refractivity contribution in [3.05, 3.63) is 70.4 Å². The minimum absolute atomic E-state index is 0.00610. The summed E-state index contributed by atoms with van der Waals surface area (Å²) in [5.74, 6) is 0.204. The zero-order valence-electron chi connectivity index (χ0n) is 19.3. The van der Waals surface area contributed by atoms with E-state index in [1.807, 2.05) is 6.07 Å². The van der Waals surface area contributed by atoms with Gasteiger partial charge in [0.2, 0.25) is 0 Å². The predicted molar refractivity (Wildman–Crippen MR) is 130 cm³/mol. The molecular formula is C24H24ClFN8. The molecule has 0 aliphatic heterocycles. The lowest BCUT2D eigenvalue weighted by Gasteiger charge is -2.22. The van der Waals surface area contributed by atoms with Crippen molar-refractivity contribution in [2.75, 3.05) is 17.2 Å². The van der Waals surface area contributed by atoms with Crippen LogP contribution in [0.25, 0.3) is 10.9 Å². The Morgan fingerprint density at radius 1 is 1.21 bits per heavy atom. The first-order valence-electron chi connectivity index (χ1n) is 10.7. The van der Waals surface area contributed by atoms with Crippen LogP contribution >= 0.6 is 11.6 Å². The number of tetrazole rings is 1. The molecular weight excluding hydrogens is 455 g/mol. The summed E-state index contributed by atoms with van der Waals surface area (Å²) >= 11 is 6.62. The van der Waals surface area contributed by atoms with Crippen molar-refractivity contribution in [1.29, 1.82) is 5.26 Å². The second-order valence-electron chi connectivity index (χ2n) is 9.22. The number of aromatic nitrogens is 5. The van der Waals surface area contributed by atoms with Crippen LogP contribution in [0.4, 0.5) is 15.8 Å². The quantitative estimate of drug-likeness (QED) is 0.398. The molecule has 8 nitrogen and oxygen atoms in total. The minimum Gasteiger partial charge on any atom is -0.383 e. The number of fused-ring (bicyclic) bond motifs is 1. The van der Waals surface area contributed by atoms with E-state index in [1.54, 1.807) is 29.9 Å². The molecule has 0 saturated carbocycles. The standard InChI is InChI=1S/C24H24ClFN8/c1-24(2,3)13-29-20-15(11-27)12-28-22-18(20)9-17(10-19(22)25)30-21(23-31-32-33-34(23)4)14-5-7-16(26)8-6-14/h5-10,12,21,30H,13H2,1-4H3,(H,28,29). The fraction of sp³-hybridized carbons (Fsp3) is 0.292. The zero-order chi connectivity index (χ0) is 24.5. The Kier molecular flexibility index (Phi) is 6.35. The van der Waals surface area contributed by atoms with Crippen LogP contribution in [0.2, 0.25) is 5.02 Å². The molecule has 0 fully saturated rings. The van der Waals surface area contributed by atoms with E-state index in [9.17, 15) is 9.65 Å². The summed E-state index contributed by atoms with van der Waals surface area (Å²) in [6.07, 6.45) is 1.53. The molecule has 34 heavy (non-hydrogen) atoms. The van der Waals surface area contributed by atoms with Gasteiger partial charge in [-0.25, -0.2) is 9.07 Å². The van der Waals surface area contributed by atoms with Crippen LogP contribution < -0.4 is 10.6 Å². The Bertz CT molecular complexity index is 1370. The number of benzene rings is 2. The molecule has 0 amide bonds. The van der Waals surface area contributed by atoms with Crippen LogP contribution in [0, 0.1) is 22.6 Å². The number of nitrogens with one attached hydrogen (secondary N) is 2. The molecule has 0 bridgehead atoms. The SMILES string of the molecule is Cn1nnnc1C(Nc1cc(Cl)c2ncc(C#N)c(NCC(C)(C)C)c2c1)c1ccc(F)cc1. The fourth-order valence-electron chi connectivity index (χ4n) is 3.57. The van der Waals surface area contributed by atoms with Crippen LogP contribution in [-0.2, 0) is 7.05 Å². The van der Waals surface area contributed by atoms with Crippen molar-refractivity contribution >= 4 is 33.9 Å². The van der Waals surface area contributed by atoms with Gasteiger partial charge in [-0.05, 0) is 45.7 Å². The number of hydrogen-bond acceptors (Lipinski definition) is 7.